The monoisotopic (exact) mass is 481 g/mol. The lowest BCUT2D eigenvalue weighted by Crippen LogP contribution is -2.65. The minimum absolute atomic E-state index is 0.0321. The number of ether oxygens (including phenoxy) is 1. The highest BCUT2D eigenvalue weighted by Gasteiger charge is 2.70. The first-order valence-electron chi connectivity index (χ1n) is 12.3. The van der Waals surface area contributed by atoms with Crippen LogP contribution in [0.1, 0.15) is 79.0 Å². The molecular formula is C26H29F2N5O2. The van der Waals surface area contributed by atoms with Gasteiger partial charge in [-0.05, 0) is 63.0 Å². The molecule has 0 radical (unpaired) electrons. The maximum absolute atomic E-state index is 13.1. The average Bonchev–Trinajstić information content (AvgIpc) is 2.77. The fourth-order valence-corrected chi connectivity index (χ4v) is 6.54. The highest BCUT2D eigenvalue weighted by atomic mass is 19.3. The molecule has 4 heterocycles. The standard InChI is InChI=1S/C26H29F2N5O2/c1-14-15(2)30-24-21(29-14)22(26-11-25(12-26,13-26)9-19(27)28)31-23(32-24)16-6-7-35-18(8-16)17-4-5-20(34)33(3)10-17/h4-5,10,16,18-19H,6-9,11-13H2,1-3H3/t16-,18+,25?,26?/m0/s1. The van der Waals surface area contributed by atoms with Crippen LogP contribution in [0.15, 0.2) is 23.1 Å². The van der Waals surface area contributed by atoms with Gasteiger partial charge in [0, 0.05) is 43.7 Å². The van der Waals surface area contributed by atoms with Crippen LogP contribution in [0.5, 0.6) is 0 Å². The summed E-state index contributed by atoms with van der Waals surface area (Å²) < 4.78 is 33.8. The van der Waals surface area contributed by atoms with Crippen molar-refractivity contribution < 1.29 is 13.5 Å². The van der Waals surface area contributed by atoms with Crippen LogP contribution in [0, 0.1) is 19.3 Å². The zero-order chi connectivity index (χ0) is 24.5. The lowest BCUT2D eigenvalue weighted by Gasteiger charge is -2.70. The lowest BCUT2D eigenvalue weighted by atomic mass is 9.33. The Hall–Kier alpha value is -2.81. The van der Waals surface area contributed by atoms with Gasteiger partial charge in [0.25, 0.3) is 0 Å². The zero-order valence-corrected chi connectivity index (χ0v) is 20.2. The molecule has 0 unspecified atom stereocenters. The zero-order valence-electron chi connectivity index (χ0n) is 20.2. The van der Waals surface area contributed by atoms with E-state index in [1.165, 1.54) is 0 Å². The van der Waals surface area contributed by atoms with Crippen molar-refractivity contribution in [3.63, 3.8) is 0 Å². The van der Waals surface area contributed by atoms with Gasteiger partial charge in [-0.1, -0.05) is 0 Å². The predicted octanol–water partition coefficient (Wildman–Crippen LogP) is 4.45. The van der Waals surface area contributed by atoms with Crippen molar-refractivity contribution in [3.05, 3.63) is 57.2 Å². The molecule has 1 saturated heterocycles. The van der Waals surface area contributed by atoms with Crippen molar-refractivity contribution in [1.82, 2.24) is 24.5 Å². The summed E-state index contributed by atoms with van der Waals surface area (Å²) in [5.74, 6) is 0.802. The largest absolute Gasteiger partial charge is 0.373 e. The molecule has 2 atom stereocenters. The second-order valence-electron chi connectivity index (χ2n) is 10.9. The maximum atomic E-state index is 13.1. The van der Waals surface area contributed by atoms with Crippen molar-refractivity contribution in [2.24, 2.45) is 12.5 Å². The topological polar surface area (TPSA) is 82.8 Å². The van der Waals surface area contributed by atoms with Gasteiger partial charge in [0.2, 0.25) is 12.0 Å². The number of aromatic nitrogens is 5. The van der Waals surface area contributed by atoms with E-state index < -0.39 is 6.43 Å². The Labute approximate surface area is 202 Å². The molecule has 3 aromatic heterocycles. The molecule has 9 heteroatoms. The summed E-state index contributed by atoms with van der Waals surface area (Å²) in [5.41, 5.74) is 4.31. The molecule has 184 valence electrons. The maximum Gasteiger partial charge on any atom is 0.250 e. The van der Waals surface area contributed by atoms with Crippen LogP contribution in [0.3, 0.4) is 0 Å². The van der Waals surface area contributed by atoms with Gasteiger partial charge >= 0.3 is 0 Å². The highest BCUT2D eigenvalue weighted by Crippen LogP contribution is 2.75. The number of pyridine rings is 1. The summed E-state index contributed by atoms with van der Waals surface area (Å²) in [6, 6.07) is 3.38. The molecule has 2 bridgehead atoms. The normalized spacial score (nSPS) is 29.8. The fourth-order valence-electron chi connectivity index (χ4n) is 6.54. The second-order valence-corrected chi connectivity index (χ2v) is 10.9. The summed E-state index contributed by atoms with van der Waals surface area (Å²) >= 11 is 0. The summed E-state index contributed by atoms with van der Waals surface area (Å²) in [5, 5.41) is 0. The molecule has 1 aliphatic heterocycles. The van der Waals surface area contributed by atoms with Crippen molar-refractivity contribution in [2.45, 2.75) is 76.2 Å². The van der Waals surface area contributed by atoms with Gasteiger partial charge in [-0.2, -0.15) is 0 Å². The SMILES string of the molecule is Cc1nc2nc([C@H]3CCO[C@@H](c4ccc(=O)n(C)c4)C3)nc(C34CC(CC(F)F)(C3)C4)c2nc1C. The lowest BCUT2D eigenvalue weighted by molar-refractivity contribution is -0.168. The van der Waals surface area contributed by atoms with Gasteiger partial charge in [-0.3, -0.25) is 4.79 Å². The van der Waals surface area contributed by atoms with E-state index in [0.717, 1.165) is 54.2 Å². The number of fused-ring (bicyclic) bond motifs is 1. The third-order valence-electron chi connectivity index (χ3n) is 8.32. The summed E-state index contributed by atoms with van der Waals surface area (Å²) in [7, 11) is 1.73. The molecule has 3 aliphatic carbocycles. The average molecular weight is 482 g/mol. The molecule has 3 aromatic rings. The number of aryl methyl sites for hydroxylation is 3. The van der Waals surface area contributed by atoms with Crippen LogP contribution in [0.2, 0.25) is 0 Å². The number of halogens is 2. The molecule has 0 aromatic carbocycles. The molecule has 0 amide bonds. The Kier molecular flexibility index (Phi) is 5.08. The smallest absolute Gasteiger partial charge is 0.250 e. The third-order valence-corrected chi connectivity index (χ3v) is 8.32. The van der Waals surface area contributed by atoms with Crippen molar-refractivity contribution in [2.75, 3.05) is 6.61 Å². The third kappa shape index (κ3) is 3.66. The first-order chi connectivity index (χ1) is 16.7. The number of alkyl halides is 2. The number of hydrogen-bond acceptors (Lipinski definition) is 6. The van der Waals surface area contributed by atoms with E-state index in [9.17, 15) is 13.6 Å². The first kappa shape index (κ1) is 22.6. The van der Waals surface area contributed by atoms with E-state index >= 15 is 0 Å². The van der Waals surface area contributed by atoms with E-state index in [2.05, 4.69) is 0 Å². The quantitative estimate of drug-likeness (QED) is 0.536. The predicted molar refractivity (Wildman–Crippen MR) is 126 cm³/mol. The van der Waals surface area contributed by atoms with E-state index in [-0.39, 0.29) is 34.8 Å². The highest BCUT2D eigenvalue weighted by molar-refractivity contribution is 5.75. The first-order valence-corrected chi connectivity index (χ1v) is 12.3. The van der Waals surface area contributed by atoms with Crippen LogP contribution in [0.25, 0.3) is 11.2 Å². The molecule has 35 heavy (non-hydrogen) atoms. The van der Waals surface area contributed by atoms with Crippen LogP contribution in [-0.2, 0) is 17.2 Å². The van der Waals surface area contributed by atoms with Gasteiger partial charge < -0.3 is 9.30 Å². The van der Waals surface area contributed by atoms with Gasteiger partial charge in [-0.15, -0.1) is 0 Å². The Morgan fingerprint density at radius 3 is 2.57 bits per heavy atom. The van der Waals surface area contributed by atoms with Crippen LogP contribution in [0.4, 0.5) is 8.78 Å². The Bertz CT molecular complexity index is 1370. The number of hydrogen-bond donors (Lipinski definition) is 0. The van der Waals surface area contributed by atoms with Gasteiger partial charge in [-0.25, -0.2) is 28.7 Å². The molecule has 7 rings (SSSR count). The van der Waals surface area contributed by atoms with Crippen LogP contribution >= 0.6 is 0 Å². The fraction of sp³-hybridized carbons (Fsp3) is 0.577. The minimum atomic E-state index is -2.27. The van der Waals surface area contributed by atoms with Gasteiger partial charge in [0.1, 0.15) is 11.3 Å². The van der Waals surface area contributed by atoms with Crippen molar-refractivity contribution in [1.29, 1.82) is 0 Å². The number of nitrogens with zero attached hydrogens (tertiary/aromatic N) is 5. The molecule has 4 aliphatic rings. The summed E-state index contributed by atoms with van der Waals surface area (Å²) in [6.07, 6.45) is 3.05. The molecule has 7 nitrogen and oxygen atoms in total. The van der Waals surface area contributed by atoms with Crippen LogP contribution < -0.4 is 5.56 Å². The van der Waals surface area contributed by atoms with E-state index in [0.29, 0.717) is 24.2 Å². The van der Waals surface area contributed by atoms with Crippen molar-refractivity contribution >= 4 is 11.2 Å². The molecular weight excluding hydrogens is 452 g/mol. The summed E-state index contributed by atoms with van der Waals surface area (Å²) in [4.78, 5) is 31.3. The van der Waals surface area contributed by atoms with Gasteiger partial charge in [0.15, 0.2) is 5.65 Å². The van der Waals surface area contributed by atoms with Gasteiger partial charge in [0.05, 0.1) is 23.2 Å². The van der Waals surface area contributed by atoms with Crippen LogP contribution in [-0.4, -0.2) is 37.5 Å². The molecule has 3 saturated carbocycles. The number of rotatable bonds is 5. The van der Waals surface area contributed by atoms with Crippen molar-refractivity contribution in [3.8, 4) is 0 Å². The Morgan fingerprint density at radius 1 is 1.11 bits per heavy atom. The van der Waals surface area contributed by atoms with E-state index in [4.69, 9.17) is 24.7 Å². The molecule has 4 fully saturated rings. The van der Waals surface area contributed by atoms with E-state index in [1.807, 2.05) is 26.1 Å². The molecule has 0 N–H and O–H groups in total. The minimum Gasteiger partial charge on any atom is -0.373 e. The Morgan fingerprint density at radius 2 is 1.86 bits per heavy atom. The Balaban J connectivity index is 1.36. The van der Waals surface area contributed by atoms with E-state index in [1.54, 1.807) is 17.7 Å². The molecule has 0 spiro atoms. The summed E-state index contributed by atoms with van der Waals surface area (Å²) in [6.45, 7) is 4.41. The second kappa shape index (κ2) is 7.85.